The molecule has 0 fully saturated rings. The number of para-hydroxylation sites is 1. The second-order valence-electron chi connectivity index (χ2n) is 6.57. The van der Waals surface area contributed by atoms with Crippen molar-refractivity contribution < 1.29 is 28.5 Å². The third-order valence-electron chi connectivity index (χ3n) is 4.68. The van der Waals surface area contributed by atoms with Crippen molar-refractivity contribution >= 4 is 29.0 Å². The number of ether oxygens (including phenoxy) is 4. The molecule has 0 radical (unpaired) electrons. The Labute approximate surface area is 180 Å². The third-order valence-corrected chi connectivity index (χ3v) is 4.68. The van der Waals surface area contributed by atoms with Crippen LogP contribution >= 0.6 is 0 Å². The van der Waals surface area contributed by atoms with Gasteiger partial charge in [0.25, 0.3) is 0 Å². The summed E-state index contributed by atoms with van der Waals surface area (Å²) in [6, 6.07) is 11.7. The van der Waals surface area contributed by atoms with Crippen LogP contribution < -0.4 is 24.5 Å². The van der Waals surface area contributed by atoms with Gasteiger partial charge in [-0.2, -0.15) is 5.10 Å². The molecule has 0 saturated heterocycles. The molecule has 1 heterocycles. The van der Waals surface area contributed by atoms with Crippen LogP contribution in [0.3, 0.4) is 0 Å². The average Bonchev–Trinajstić information content (AvgIpc) is 3.25. The van der Waals surface area contributed by atoms with Crippen molar-refractivity contribution in [1.29, 1.82) is 0 Å². The zero-order chi connectivity index (χ0) is 22.4. The number of esters is 1. The van der Waals surface area contributed by atoms with E-state index < -0.39 is 12.0 Å². The Morgan fingerprint density at radius 3 is 2.26 bits per heavy atom. The molecule has 2 aromatic rings. The standard InChI is InChI=1S/C22H25N3O6/c1-5-31-22(27)16-13-17(25(24-16)15-9-7-6-8-10-15)21(26)23-14-11-18(28-2)20(30-4)19(12-14)29-3/h6-12,17H,5,13H2,1-4H3,(H,23,26). The second kappa shape index (κ2) is 9.84. The normalized spacial score (nSPS) is 15.2. The first-order chi connectivity index (χ1) is 15.0. The van der Waals surface area contributed by atoms with Crippen LogP contribution in [0.15, 0.2) is 47.6 Å². The van der Waals surface area contributed by atoms with E-state index in [1.165, 1.54) is 26.3 Å². The van der Waals surface area contributed by atoms with Crippen molar-refractivity contribution in [2.24, 2.45) is 5.10 Å². The van der Waals surface area contributed by atoms with E-state index in [0.29, 0.717) is 28.6 Å². The smallest absolute Gasteiger partial charge is 0.354 e. The second-order valence-corrected chi connectivity index (χ2v) is 6.57. The topological polar surface area (TPSA) is 98.7 Å². The molecule has 1 aliphatic heterocycles. The molecule has 0 aliphatic carbocycles. The van der Waals surface area contributed by atoms with Crippen LogP contribution in [0.5, 0.6) is 17.2 Å². The fourth-order valence-electron chi connectivity index (χ4n) is 3.25. The number of carbonyl (C=O) groups excluding carboxylic acids is 2. The number of methoxy groups -OCH3 is 3. The molecule has 1 aliphatic rings. The van der Waals surface area contributed by atoms with Crippen molar-refractivity contribution in [3.63, 3.8) is 0 Å². The van der Waals surface area contributed by atoms with Crippen molar-refractivity contribution in [2.45, 2.75) is 19.4 Å². The van der Waals surface area contributed by atoms with Gasteiger partial charge in [-0.3, -0.25) is 9.80 Å². The molecule has 1 N–H and O–H groups in total. The van der Waals surface area contributed by atoms with Crippen LogP contribution in [0.4, 0.5) is 11.4 Å². The van der Waals surface area contributed by atoms with Gasteiger partial charge in [0.05, 0.1) is 33.6 Å². The summed E-state index contributed by atoms with van der Waals surface area (Å²) in [6.45, 7) is 1.95. The first-order valence-electron chi connectivity index (χ1n) is 9.72. The fraction of sp³-hybridized carbons (Fsp3) is 0.318. The molecule has 0 spiro atoms. The van der Waals surface area contributed by atoms with Gasteiger partial charge in [-0.15, -0.1) is 0 Å². The molecular weight excluding hydrogens is 402 g/mol. The molecular formula is C22H25N3O6. The van der Waals surface area contributed by atoms with Crippen LogP contribution in [0.2, 0.25) is 0 Å². The van der Waals surface area contributed by atoms with Gasteiger partial charge in [0.2, 0.25) is 11.7 Å². The number of hydrogen-bond acceptors (Lipinski definition) is 8. The van der Waals surface area contributed by atoms with Gasteiger partial charge in [0, 0.05) is 24.2 Å². The van der Waals surface area contributed by atoms with E-state index in [2.05, 4.69) is 10.4 Å². The Bertz CT molecular complexity index is 951. The number of carbonyl (C=O) groups is 2. The van der Waals surface area contributed by atoms with E-state index in [1.54, 1.807) is 19.1 Å². The predicted molar refractivity (Wildman–Crippen MR) is 116 cm³/mol. The Morgan fingerprint density at radius 1 is 1.06 bits per heavy atom. The number of benzene rings is 2. The molecule has 9 heteroatoms. The summed E-state index contributed by atoms with van der Waals surface area (Å²) >= 11 is 0. The van der Waals surface area contributed by atoms with Crippen LogP contribution in [0.25, 0.3) is 0 Å². The summed E-state index contributed by atoms with van der Waals surface area (Å²) < 4.78 is 21.1. The molecule has 164 valence electrons. The molecule has 9 nitrogen and oxygen atoms in total. The molecule has 1 amide bonds. The van der Waals surface area contributed by atoms with Gasteiger partial charge in [-0.25, -0.2) is 4.79 Å². The summed E-state index contributed by atoms with van der Waals surface area (Å²) in [5.41, 5.74) is 1.33. The number of rotatable bonds is 8. The highest BCUT2D eigenvalue weighted by Gasteiger charge is 2.37. The van der Waals surface area contributed by atoms with E-state index in [0.717, 1.165) is 0 Å². The molecule has 0 aromatic heterocycles. The Hall–Kier alpha value is -3.75. The van der Waals surface area contributed by atoms with E-state index >= 15 is 0 Å². The largest absolute Gasteiger partial charge is 0.493 e. The van der Waals surface area contributed by atoms with Gasteiger partial charge in [-0.05, 0) is 19.1 Å². The molecule has 1 atom stereocenters. The molecule has 0 bridgehead atoms. The zero-order valence-electron chi connectivity index (χ0n) is 17.9. The fourth-order valence-corrected chi connectivity index (χ4v) is 3.25. The maximum Gasteiger partial charge on any atom is 0.354 e. The van der Waals surface area contributed by atoms with Crippen molar-refractivity contribution in [3.05, 3.63) is 42.5 Å². The predicted octanol–water partition coefficient (Wildman–Crippen LogP) is 2.85. The summed E-state index contributed by atoms with van der Waals surface area (Å²) in [5, 5.41) is 8.74. The molecule has 3 rings (SSSR count). The quantitative estimate of drug-likeness (QED) is 0.647. The summed E-state index contributed by atoms with van der Waals surface area (Å²) in [4.78, 5) is 25.4. The van der Waals surface area contributed by atoms with Crippen molar-refractivity contribution in [3.8, 4) is 17.2 Å². The first kappa shape index (κ1) is 21.9. The maximum absolute atomic E-state index is 13.2. The Kier molecular flexibility index (Phi) is 6.96. The molecule has 0 saturated carbocycles. The monoisotopic (exact) mass is 427 g/mol. The lowest BCUT2D eigenvalue weighted by Gasteiger charge is -2.23. The Balaban J connectivity index is 1.88. The van der Waals surface area contributed by atoms with Crippen LogP contribution in [0, 0.1) is 0 Å². The number of amides is 1. The minimum Gasteiger partial charge on any atom is -0.493 e. The lowest BCUT2D eigenvalue weighted by molar-refractivity contribution is -0.135. The zero-order valence-corrected chi connectivity index (χ0v) is 17.9. The summed E-state index contributed by atoms with van der Waals surface area (Å²) in [6.07, 6.45) is 0.115. The lowest BCUT2D eigenvalue weighted by Crippen LogP contribution is -2.38. The highest BCUT2D eigenvalue weighted by molar-refractivity contribution is 6.38. The molecule has 2 aromatic carbocycles. The van der Waals surface area contributed by atoms with Crippen LogP contribution in [-0.4, -0.2) is 51.6 Å². The molecule has 31 heavy (non-hydrogen) atoms. The van der Waals surface area contributed by atoms with Crippen LogP contribution in [-0.2, 0) is 14.3 Å². The van der Waals surface area contributed by atoms with E-state index in [4.69, 9.17) is 18.9 Å². The van der Waals surface area contributed by atoms with Gasteiger partial charge < -0.3 is 24.3 Å². The summed E-state index contributed by atoms with van der Waals surface area (Å²) in [7, 11) is 4.50. The highest BCUT2D eigenvalue weighted by Crippen LogP contribution is 2.40. The third kappa shape index (κ3) is 4.71. The van der Waals surface area contributed by atoms with Gasteiger partial charge in [-0.1, -0.05) is 18.2 Å². The minimum absolute atomic E-state index is 0.115. The SMILES string of the molecule is CCOC(=O)C1=NN(c2ccccc2)C(C(=O)Nc2cc(OC)c(OC)c(OC)c2)C1. The Morgan fingerprint density at radius 2 is 1.71 bits per heavy atom. The summed E-state index contributed by atoms with van der Waals surface area (Å²) in [5.74, 6) is 0.356. The van der Waals surface area contributed by atoms with Crippen LogP contribution in [0.1, 0.15) is 13.3 Å². The highest BCUT2D eigenvalue weighted by atomic mass is 16.5. The van der Waals surface area contributed by atoms with Crippen molar-refractivity contribution in [2.75, 3.05) is 38.3 Å². The number of nitrogens with one attached hydrogen (secondary N) is 1. The lowest BCUT2D eigenvalue weighted by atomic mass is 10.1. The maximum atomic E-state index is 13.2. The first-order valence-corrected chi connectivity index (χ1v) is 9.72. The van der Waals surface area contributed by atoms with Gasteiger partial charge in [0.15, 0.2) is 11.5 Å². The number of nitrogens with zero attached hydrogens (tertiary/aromatic N) is 2. The van der Waals surface area contributed by atoms with Crippen molar-refractivity contribution in [1.82, 2.24) is 0 Å². The number of hydrogen-bond donors (Lipinski definition) is 1. The number of hydrazone groups is 1. The van der Waals surface area contributed by atoms with E-state index in [-0.39, 0.29) is 24.6 Å². The van der Waals surface area contributed by atoms with E-state index in [1.807, 2.05) is 30.3 Å². The van der Waals surface area contributed by atoms with Gasteiger partial charge >= 0.3 is 5.97 Å². The van der Waals surface area contributed by atoms with Gasteiger partial charge in [0.1, 0.15) is 11.8 Å². The number of anilines is 2. The van der Waals surface area contributed by atoms with E-state index in [9.17, 15) is 9.59 Å². The average molecular weight is 427 g/mol. The minimum atomic E-state index is -0.735. The molecule has 1 unspecified atom stereocenters.